The maximum Gasteiger partial charge on any atom is 0.264 e. The number of carbonyl (C=O) groups is 1. The summed E-state index contributed by atoms with van der Waals surface area (Å²) in [6.07, 6.45) is 1.48. The van der Waals surface area contributed by atoms with E-state index < -0.39 is 22.5 Å². The van der Waals surface area contributed by atoms with E-state index in [9.17, 15) is 13.2 Å². The monoisotopic (exact) mass is 515 g/mol. The summed E-state index contributed by atoms with van der Waals surface area (Å²) < 4.78 is 33.8. The van der Waals surface area contributed by atoms with E-state index in [0.29, 0.717) is 11.4 Å². The molecule has 3 aromatic carbocycles. The van der Waals surface area contributed by atoms with Crippen LogP contribution in [0.5, 0.6) is 5.75 Å². The Labute approximate surface area is 195 Å². The molecule has 9 heteroatoms. The molecule has 0 atom stereocenters. The van der Waals surface area contributed by atoms with Gasteiger partial charge in [-0.1, -0.05) is 57.9 Å². The number of halogens is 1. The zero-order valence-electron chi connectivity index (χ0n) is 17.5. The Morgan fingerprint density at radius 2 is 1.81 bits per heavy atom. The first-order chi connectivity index (χ1) is 15.3. The minimum Gasteiger partial charge on any atom is -0.497 e. The summed E-state index contributed by atoms with van der Waals surface area (Å²) in [6.45, 7) is 1.41. The van der Waals surface area contributed by atoms with Crippen molar-refractivity contribution in [3.05, 3.63) is 88.4 Å². The Morgan fingerprint density at radius 1 is 1.09 bits per heavy atom. The molecule has 166 valence electrons. The van der Waals surface area contributed by atoms with Gasteiger partial charge in [-0.3, -0.25) is 9.10 Å². The average Bonchev–Trinajstić information content (AvgIpc) is 2.79. The highest BCUT2D eigenvalue weighted by atomic mass is 79.9. The average molecular weight is 516 g/mol. The number of hydrazone groups is 1. The molecule has 3 rings (SSSR count). The predicted octanol–water partition coefficient (Wildman–Crippen LogP) is 4.11. The van der Waals surface area contributed by atoms with E-state index in [1.807, 2.05) is 31.2 Å². The lowest BCUT2D eigenvalue weighted by molar-refractivity contribution is -0.119. The van der Waals surface area contributed by atoms with Gasteiger partial charge in [0.2, 0.25) is 0 Å². The molecule has 0 saturated carbocycles. The van der Waals surface area contributed by atoms with Crippen LogP contribution >= 0.6 is 15.9 Å². The molecular weight excluding hydrogens is 494 g/mol. The van der Waals surface area contributed by atoms with Gasteiger partial charge in [-0.05, 0) is 37.3 Å². The molecule has 7 nitrogen and oxygen atoms in total. The summed E-state index contributed by atoms with van der Waals surface area (Å²) >= 11 is 3.40. The second-order valence-corrected chi connectivity index (χ2v) is 9.56. The largest absolute Gasteiger partial charge is 0.497 e. The minimum absolute atomic E-state index is 0.0791. The van der Waals surface area contributed by atoms with E-state index in [0.717, 1.165) is 19.9 Å². The molecular formula is C23H22BrN3O4S. The van der Waals surface area contributed by atoms with Crippen LogP contribution in [0, 0.1) is 6.92 Å². The van der Waals surface area contributed by atoms with E-state index in [-0.39, 0.29) is 4.90 Å². The number of ether oxygens (including phenoxy) is 1. The molecule has 0 fully saturated rings. The van der Waals surface area contributed by atoms with E-state index in [4.69, 9.17) is 4.74 Å². The molecule has 0 aliphatic carbocycles. The van der Waals surface area contributed by atoms with Crippen LogP contribution in [-0.4, -0.2) is 34.2 Å². The van der Waals surface area contributed by atoms with Gasteiger partial charge in [0.25, 0.3) is 15.9 Å². The maximum absolute atomic E-state index is 13.4. The molecule has 0 heterocycles. The van der Waals surface area contributed by atoms with Gasteiger partial charge in [-0.25, -0.2) is 13.8 Å². The fraction of sp³-hybridized carbons (Fsp3) is 0.130. The van der Waals surface area contributed by atoms with Crippen molar-refractivity contribution >= 4 is 43.8 Å². The highest BCUT2D eigenvalue weighted by Gasteiger charge is 2.27. The second-order valence-electron chi connectivity index (χ2n) is 6.84. The van der Waals surface area contributed by atoms with E-state index in [2.05, 4.69) is 26.5 Å². The molecule has 0 aromatic heterocycles. The first kappa shape index (κ1) is 23.5. The third-order valence-corrected chi connectivity index (χ3v) is 7.05. The molecule has 0 saturated heterocycles. The molecule has 0 radical (unpaired) electrons. The third-order valence-electron chi connectivity index (χ3n) is 4.54. The van der Waals surface area contributed by atoms with E-state index in [1.54, 1.807) is 36.4 Å². The van der Waals surface area contributed by atoms with Crippen LogP contribution in [0.1, 0.15) is 11.1 Å². The van der Waals surface area contributed by atoms with Gasteiger partial charge in [0, 0.05) is 16.1 Å². The van der Waals surface area contributed by atoms with Gasteiger partial charge in [-0.15, -0.1) is 0 Å². The van der Waals surface area contributed by atoms with Crippen LogP contribution in [0.3, 0.4) is 0 Å². The normalized spacial score (nSPS) is 11.3. The molecule has 32 heavy (non-hydrogen) atoms. The Hall–Kier alpha value is -3.17. The van der Waals surface area contributed by atoms with Crippen LogP contribution in [0.25, 0.3) is 0 Å². The number of amides is 1. The summed E-state index contributed by atoms with van der Waals surface area (Å²) in [4.78, 5) is 12.7. The smallest absolute Gasteiger partial charge is 0.264 e. The summed E-state index contributed by atoms with van der Waals surface area (Å²) in [6, 6.07) is 20.3. The molecule has 0 aliphatic rings. The fourth-order valence-corrected chi connectivity index (χ4v) is 4.64. The molecule has 3 aromatic rings. The van der Waals surface area contributed by atoms with Gasteiger partial charge in [0.1, 0.15) is 12.3 Å². The lowest BCUT2D eigenvalue weighted by Crippen LogP contribution is -2.39. The number of hydrogen-bond donors (Lipinski definition) is 1. The Bertz CT molecular complexity index is 1230. The topological polar surface area (TPSA) is 88.1 Å². The van der Waals surface area contributed by atoms with Crippen LogP contribution in [0.2, 0.25) is 0 Å². The van der Waals surface area contributed by atoms with Crippen molar-refractivity contribution in [2.45, 2.75) is 11.8 Å². The third kappa shape index (κ3) is 5.74. The number of anilines is 1. The number of nitrogens with one attached hydrogen (secondary N) is 1. The van der Waals surface area contributed by atoms with Gasteiger partial charge in [0.15, 0.2) is 0 Å². The van der Waals surface area contributed by atoms with Crippen LogP contribution in [0.4, 0.5) is 5.69 Å². The number of aryl methyl sites for hydroxylation is 1. The number of carbonyl (C=O) groups excluding carboxylic acids is 1. The lowest BCUT2D eigenvalue weighted by atomic mass is 10.2. The van der Waals surface area contributed by atoms with E-state index >= 15 is 0 Å². The zero-order chi connectivity index (χ0) is 23.1. The van der Waals surface area contributed by atoms with Crippen LogP contribution in [-0.2, 0) is 14.8 Å². The summed E-state index contributed by atoms with van der Waals surface area (Å²) in [5.74, 6) is -0.120. The number of methoxy groups -OCH3 is 1. The predicted molar refractivity (Wildman–Crippen MR) is 129 cm³/mol. The molecule has 0 unspecified atom stereocenters. The molecule has 1 N–H and O–H groups in total. The molecule has 1 amide bonds. The Morgan fingerprint density at radius 3 is 2.50 bits per heavy atom. The van der Waals surface area contributed by atoms with Crippen molar-refractivity contribution in [1.82, 2.24) is 5.43 Å². The van der Waals surface area contributed by atoms with Gasteiger partial charge >= 0.3 is 0 Å². The quantitative estimate of drug-likeness (QED) is 0.361. The number of hydrogen-bond acceptors (Lipinski definition) is 5. The first-order valence-electron chi connectivity index (χ1n) is 9.61. The van der Waals surface area contributed by atoms with Crippen molar-refractivity contribution in [3.8, 4) is 5.75 Å². The standard InChI is InChI=1S/C23H22BrN3O4S/c1-17-10-12-21(13-11-17)32(29,30)27(19-7-5-8-20(14-19)31-2)16-23(28)26-25-15-18-6-3-4-9-22(18)24/h3-15H,16H2,1-2H3,(H,26,28)/b25-15-. The number of rotatable bonds is 8. The first-order valence-corrected chi connectivity index (χ1v) is 11.8. The van der Waals surface area contributed by atoms with E-state index in [1.165, 1.54) is 25.5 Å². The minimum atomic E-state index is -4.02. The van der Waals surface area contributed by atoms with Crippen molar-refractivity contribution in [2.24, 2.45) is 5.10 Å². The van der Waals surface area contributed by atoms with Gasteiger partial charge in [0.05, 0.1) is 23.9 Å². The van der Waals surface area contributed by atoms with Crippen LogP contribution in [0.15, 0.2) is 87.3 Å². The number of nitrogens with zero attached hydrogens (tertiary/aromatic N) is 2. The van der Waals surface area contributed by atoms with Gasteiger partial charge in [-0.2, -0.15) is 5.10 Å². The molecule has 0 bridgehead atoms. The van der Waals surface area contributed by atoms with Crippen molar-refractivity contribution in [1.29, 1.82) is 0 Å². The highest BCUT2D eigenvalue weighted by molar-refractivity contribution is 9.10. The highest BCUT2D eigenvalue weighted by Crippen LogP contribution is 2.27. The number of benzene rings is 3. The Kier molecular flexibility index (Phi) is 7.66. The maximum atomic E-state index is 13.4. The summed E-state index contributed by atoms with van der Waals surface area (Å²) in [5, 5.41) is 3.95. The SMILES string of the molecule is COc1cccc(N(CC(=O)N/N=C\c2ccccc2Br)S(=O)(=O)c2ccc(C)cc2)c1. The summed E-state index contributed by atoms with van der Waals surface area (Å²) in [7, 11) is -2.53. The fourth-order valence-electron chi connectivity index (χ4n) is 2.84. The van der Waals surface area contributed by atoms with Crippen molar-refractivity contribution in [2.75, 3.05) is 18.0 Å². The summed E-state index contributed by atoms with van der Waals surface area (Å²) in [5.41, 5.74) is 4.39. The number of sulfonamides is 1. The lowest BCUT2D eigenvalue weighted by Gasteiger charge is -2.24. The zero-order valence-corrected chi connectivity index (χ0v) is 19.9. The van der Waals surface area contributed by atoms with Crippen molar-refractivity contribution < 1.29 is 17.9 Å². The molecule has 0 spiro atoms. The van der Waals surface area contributed by atoms with Crippen molar-refractivity contribution in [3.63, 3.8) is 0 Å². The second kappa shape index (κ2) is 10.4. The molecule has 0 aliphatic heterocycles. The van der Waals surface area contributed by atoms with Gasteiger partial charge < -0.3 is 4.74 Å². The van der Waals surface area contributed by atoms with Crippen LogP contribution < -0.4 is 14.5 Å². The Balaban J connectivity index is 1.88.